The number of ether oxygens (including phenoxy) is 1. The molecule has 6 rings (SSSR count). The van der Waals surface area contributed by atoms with Crippen LogP contribution in [0.15, 0.2) is 103 Å². The highest BCUT2D eigenvalue weighted by Gasteiger charge is 2.28. The van der Waals surface area contributed by atoms with Gasteiger partial charge in [-0.05, 0) is 47.9 Å². The molecule has 5 aromatic rings. The van der Waals surface area contributed by atoms with Gasteiger partial charge in [-0.2, -0.15) is 0 Å². The number of nitrogen functional groups attached to an aromatic ring is 1. The van der Waals surface area contributed by atoms with E-state index in [0.29, 0.717) is 43.1 Å². The van der Waals surface area contributed by atoms with Crippen molar-refractivity contribution in [3.05, 3.63) is 126 Å². The van der Waals surface area contributed by atoms with Gasteiger partial charge in [0.05, 0.1) is 24.1 Å². The number of imidazole rings is 1. The van der Waals surface area contributed by atoms with Crippen LogP contribution in [0, 0.1) is 0 Å². The van der Waals surface area contributed by atoms with E-state index in [4.69, 9.17) is 21.9 Å². The maximum absolute atomic E-state index is 12.0. The summed E-state index contributed by atoms with van der Waals surface area (Å²) in [6, 6.07) is 30.7. The number of anilines is 3. The Morgan fingerprint density at radius 2 is 1.57 bits per heavy atom. The summed E-state index contributed by atoms with van der Waals surface area (Å²) in [5, 5.41) is 10.7. The number of hydrogen-bond acceptors (Lipinski definition) is 8. The lowest BCUT2D eigenvalue weighted by atomic mass is 10.0. The number of phenols is 1. The number of phenolic OH excluding ortho intramolecular Hbond substituents is 1. The first kappa shape index (κ1) is 33.0. The summed E-state index contributed by atoms with van der Waals surface area (Å²) in [7, 11) is 0. The zero-order valence-electron chi connectivity index (χ0n) is 27.2. The molecule has 1 fully saturated rings. The number of amides is 2. The molecule has 2 amide bonds. The van der Waals surface area contributed by atoms with Crippen molar-refractivity contribution in [2.75, 3.05) is 35.2 Å². The van der Waals surface area contributed by atoms with Crippen molar-refractivity contribution in [3.63, 3.8) is 0 Å². The van der Waals surface area contributed by atoms with Gasteiger partial charge in [0.2, 0.25) is 11.8 Å². The van der Waals surface area contributed by atoms with E-state index >= 15 is 0 Å². The van der Waals surface area contributed by atoms with Gasteiger partial charge in [-0.25, -0.2) is 4.98 Å². The summed E-state index contributed by atoms with van der Waals surface area (Å²) in [6.45, 7) is 2.56. The molecule has 1 aromatic heterocycles. The van der Waals surface area contributed by atoms with Gasteiger partial charge in [0.1, 0.15) is 17.2 Å². The molecular formula is C38H41N7O4. The van der Waals surface area contributed by atoms with E-state index in [1.54, 1.807) is 24.5 Å². The minimum atomic E-state index is -0.452. The predicted molar refractivity (Wildman–Crippen MR) is 191 cm³/mol. The Morgan fingerprint density at radius 3 is 2.31 bits per heavy atom. The van der Waals surface area contributed by atoms with Crippen LogP contribution in [0.5, 0.6) is 17.2 Å². The van der Waals surface area contributed by atoms with Gasteiger partial charge in [0.25, 0.3) is 0 Å². The number of nitrogens with zero attached hydrogens (tertiary/aromatic N) is 4. The molecule has 7 N–H and O–H groups in total. The van der Waals surface area contributed by atoms with Crippen LogP contribution >= 0.6 is 0 Å². The maximum Gasteiger partial charge on any atom is 0.223 e. The van der Waals surface area contributed by atoms with Crippen LogP contribution in [0.25, 0.3) is 0 Å². The Labute approximate surface area is 285 Å². The molecule has 1 atom stereocenters. The number of hydrogen-bond donors (Lipinski definition) is 4. The number of aromatic hydroxyl groups is 1. The van der Waals surface area contributed by atoms with E-state index in [0.717, 1.165) is 47.0 Å². The first-order chi connectivity index (χ1) is 23.7. The number of rotatable bonds is 13. The third kappa shape index (κ3) is 8.50. The molecule has 252 valence electrons. The largest absolute Gasteiger partial charge is 0.508 e. The summed E-state index contributed by atoms with van der Waals surface area (Å²) in [5.41, 5.74) is 23.4. The van der Waals surface area contributed by atoms with Crippen LogP contribution in [0.4, 0.5) is 17.1 Å². The van der Waals surface area contributed by atoms with Gasteiger partial charge in [-0.15, -0.1) is 0 Å². The van der Waals surface area contributed by atoms with Crippen molar-refractivity contribution < 1.29 is 19.4 Å². The van der Waals surface area contributed by atoms with Crippen LogP contribution in [0.3, 0.4) is 0 Å². The Hall–Kier alpha value is -5.97. The molecule has 2 heterocycles. The average Bonchev–Trinajstić information content (AvgIpc) is 3.43. The molecule has 0 saturated carbocycles. The monoisotopic (exact) mass is 659 g/mol. The van der Waals surface area contributed by atoms with Crippen molar-refractivity contribution in [2.45, 2.75) is 38.3 Å². The number of para-hydroxylation sites is 1. The summed E-state index contributed by atoms with van der Waals surface area (Å²) in [5.74, 6) is 0.172. The summed E-state index contributed by atoms with van der Waals surface area (Å²) in [4.78, 5) is 32.9. The van der Waals surface area contributed by atoms with E-state index in [1.165, 1.54) is 0 Å². The number of carbonyl (C=O) groups excluding carboxylic acids is 2. The number of aromatic nitrogens is 2. The SMILES string of the molecule is NC(=O)CCC1CN(c2ccccc2)CCN1c1cc(N)cc(Oc2cc(O)cc(Cn3cnc(Cc4ccccc4)c3CC(N)=O)c2)c1. The molecule has 11 nitrogen and oxygen atoms in total. The fourth-order valence-corrected chi connectivity index (χ4v) is 6.47. The maximum atomic E-state index is 12.0. The van der Waals surface area contributed by atoms with Crippen LogP contribution in [-0.4, -0.2) is 52.1 Å². The van der Waals surface area contributed by atoms with Crippen molar-refractivity contribution in [3.8, 4) is 17.2 Å². The third-order valence-electron chi connectivity index (χ3n) is 8.70. The number of piperazine rings is 1. The fourth-order valence-electron chi connectivity index (χ4n) is 6.47. The normalized spacial score (nSPS) is 14.5. The van der Waals surface area contributed by atoms with Crippen LogP contribution in [0.1, 0.15) is 35.4 Å². The second kappa shape index (κ2) is 14.8. The first-order valence-corrected chi connectivity index (χ1v) is 16.3. The highest BCUT2D eigenvalue weighted by molar-refractivity contribution is 5.76. The van der Waals surface area contributed by atoms with Gasteiger partial charge in [0.15, 0.2) is 0 Å². The Morgan fingerprint density at radius 1 is 0.837 bits per heavy atom. The molecular weight excluding hydrogens is 618 g/mol. The minimum Gasteiger partial charge on any atom is -0.508 e. The number of nitrogens with two attached hydrogens (primary N) is 3. The molecule has 1 unspecified atom stereocenters. The lowest BCUT2D eigenvalue weighted by Crippen LogP contribution is -2.53. The molecule has 0 bridgehead atoms. The molecule has 0 radical (unpaired) electrons. The summed E-state index contributed by atoms with van der Waals surface area (Å²) < 4.78 is 8.18. The Kier molecular flexibility index (Phi) is 9.99. The van der Waals surface area contributed by atoms with Crippen molar-refractivity contribution >= 4 is 28.9 Å². The smallest absolute Gasteiger partial charge is 0.223 e. The molecule has 0 spiro atoms. The zero-order valence-corrected chi connectivity index (χ0v) is 27.2. The summed E-state index contributed by atoms with van der Waals surface area (Å²) >= 11 is 0. The highest BCUT2D eigenvalue weighted by Crippen LogP contribution is 2.34. The third-order valence-corrected chi connectivity index (χ3v) is 8.70. The number of primary amides is 2. The Bertz CT molecular complexity index is 1910. The van der Waals surface area contributed by atoms with E-state index in [-0.39, 0.29) is 30.5 Å². The quantitative estimate of drug-likeness (QED) is 0.133. The van der Waals surface area contributed by atoms with Crippen LogP contribution in [0.2, 0.25) is 0 Å². The topological polar surface area (TPSA) is 166 Å². The molecule has 0 aliphatic carbocycles. The van der Waals surface area contributed by atoms with Gasteiger partial charge in [-0.3, -0.25) is 9.59 Å². The van der Waals surface area contributed by atoms with E-state index in [9.17, 15) is 14.7 Å². The zero-order chi connectivity index (χ0) is 34.3. The number of benzene rings is 4. The summed E-state index contributed by atoms with van der Waals surface area (Å²) in [6.07, 6.45) is 3.16. The Balaban J connectivity index is 1.22. The molecule has 4 aromatic carbocycles. The van der Waals surface area contributed by atoms with Gasteiger partial charge in [-0.1, -0.05) is 48.5 Å². The lowest BCUT2D eigenvalue weighted by Gasteiger charge is -2.44. The van der Waals surface area contributed by atoms with Gasteiger partial charge >= 0.3 is 0 Å². The number of carbonyl (C=O) groups is 2. The second-order valence-electron chi connectivity index (χ2n) is 12.4. The molecule has 49 heavy (non-hydrogen) atoms. The molecule has 1 aliphatic rings. The minimum absolute atomic E-state index is 0.0139. The first-order valence-electron chi connectivity index (χ1n) is 16.3. The van der Waals surface area contributed by atoms with Crippen molar-refractivity contribution in [2.24, 2.45) is 11.5 Å². The van der Waals surface area contributed by atoms with Crippen LogP contribution < -0.4 is 31.7 Å². The van der Waals surface area contributed by atoms with Crippen LogP contribution in [-0.2, 0) is 29.0 Å². The fraction of sp³-hybridized carbons (Fsp3) is 0.237. The second-order valence-corrected chi connectivity index (χ2v) is 12.4. The van der Waals surface area contributed by atoms with Gasteiger partial charge in [0, 0.05) is 80.3 Å². The lowest BCUT2D eigenvalue weighted by molar-refractivity contribution is -0.118. The van der Waals surface area contributed by atoms with E-state index in [1.807, 2.05) is 71.3 Å². The molecule has 11 heteroatoms. The molecule has 1 aliphatic heterocycles. The highest BCUT2D eigenvalue weighted by atomic mass is 16.5. The average molecular weight is 660 g/mol. The van der Waals surface area contributed by atoms with E-state index < -0.39 is 5.91 Å². The van der Waals surface area contributed by atoms with Crippen molar-refractivity contribution in [1.29, 1.82) is 0 Å². The van der Waals surface area contributed by atoms with Gasteiger partial charge < -0.3 is 41.4 Å². The molecule has 1 saturated heterocycles. The predicted octanol–water partition coefficient (Wildman–Crippen LogP) is 4.59. The van der Waals surface area contributed by atoms with Crippen molar-refractivity contribution in [1.82, 2.24) is 9.55 Å². The van der Waals surface area contributed by atoms with E-state index in [2.05, 4.69) is 26.9 Å². The standard InChI is InChI=1S/C38H41N7O4/c39-28-18-31(45-14-13-43(29-9-5-2-6-10-29)24-30(45)11-12-37(40)47)20-34(19-28)49-33-16-27(15-32(46)21-33)23-44-25-42-35(36(44)22-38(41)48)17-26-7-3-1-4-8-26/h1-10,15-16,18-21,25,30,46H,11-14,17,22-24,39H2,(H2,40,47)(H2,41,48).